The summed E-state index contributed by atoms with van der Waals surface area (Å²) in [5, 5.41) is 15.3. The first-order valence-electron chi connectivity index (χ1n) is 6.16. The standard InChI is InChI=1S/C12H25N3O2/c1-9-12(4,6-8-17-9)14-7-5-11(2,3)10(13)15-16/h9,14,16H,5-8H2,1-4H3,(H2,13,15). The van der Waals surface area contributed by atoms with E-state index in [9.17, 15) is 0 Å². The molecule has 0 aliphatic carbocycles. The van der Waals surface area contributed by atoms with Crippen molar-refractivity contribution in [1.29, 1.82) is 0 Å². The normalized spacial score (nSPS) is 30.8. The summed E-state index contributed by atoms with van der Waals surface area (Å²) >= 11 is 0. The number of amidine groups is 1. The van der Waals surface area contributed by atoms with Crippen LogP contribution in [-0.4, -0.2) is 35.8 Å². The average Bonchev–Trinajstić information content (AvgIpc) is 2.58. The lowest BCUT2D eigenvalue weighted by Gasteiger charge is -2.31. The fourth-order valence-corrected chi connectivity index (χ4v) is 1.99. The summed E-state index contributed by atoms with van der Waals surface area (Å²) in [6, 6.07) is 0. The molecule has 5 heteroatoms. The second-order valence-corrected chi connectivity index (χ2v) is 5.73. The highest BCUT2D eigenvalue weighted by Crippen LogP contribution is 2.26. The molecule has 0 bridgehead atoms. The molecule has 1 rings (SSSR count). The van der Waals surface area contributed by atoms with Gasteiger partial charge in [-0.3, -0.25) is 0 Å². The fourth-order valence-electron chi connectivity index (χ4n) is 1.99. The molecule has 4 N–H and O–H groups in total. The van der Waals surface area contributed by atoms with E-state index in [0.29, 0.717) is 0 Å². The van der Waals surface area contributed by atoms with Crippen LogP contribution in [0.1, 0.15) is 40.5 Å². The van der Waals surface area contributed by atoms with Crippen LogP contribution in [0.5, 0.6) is 0 Å². The summed E-state index contributed by atoms with van der Waals surface area (Å²) in [4.78, 5) is 0. The molecule has 0 radical (unpaired) electrons. The lowest BCUT2D eigenvalue weighted by atomic mass is 9.87. The van der Waals surface area contributed by atoms with Crippen LogP contribution in [0, 0.1) is 5.41 Å². The smallest absolute Gasteiger partial charge is 0.144 e. The molecule has 0 aromatic carbocycles. The lowest BCUT2D eigenvalue weighted by molar-refractivity contribution is 0.0880. The van der Waals surface area contributed by atoms with Crippen LogP contribution in [0.4, 0.5) is 0 Å². The van der Waals surface area contributed by atoms with Gasteiger partial charge in [0.1, 0.15) is 5.84 Å². The van der Waals surface area contributed by atoms with Gasteiger partial charge in [-0.05, 0) is 33.2 Å². The van der Waals surface area contributed by atoms with Gasteiger partial charge in [-0.2, -0.15) is 0 Å². The second kappa shape index (κ2) is 5.23. The Bertz CT molecular complexity index is 291. The van der Waals surface area contributed by atoms with Gasteiger partial charge < -0.3 is 21.0 Å². The third-order valence-corrected chi connectivity index (χ3v) is 3.97. The summed E-state index contributed by atoms with van der Waals surface area (Å²) in [5.41, 5.74) is 5.40. The van der Waals surface area contributed by atoms with E-state index < -0.39 is 0 Å². The van der Waals surface area contributed by atoms with E-state index in [-0.39, 0.29) is 22.9 Å². The minimum Gasteiger partial charge on any atom is -0.409 e. The number of hydrogen-bond donors (Lipinski definition) is 3. The zero-order valence-electron chi connectivity index (χ0n) is 11.3. The number of oxime groups is 1. The van der Waals surface area contributed by atoms with Crippen LogP contribution in [0.15, 0.2) is 5.16 Å². The Morgan fingerprint density at radius 3 is 2.76 bits per heavy atom. The van der Waals surface area contributed by atoms with E-state index in [1.54, 1.807) is 0 Å². The van der Waals surface area contributed by atoms with Crippen molar-refractivity contribution in [3.05, 3.63) is 0 Å². The van der Waals surface area contributed by atoms with Gasteiger partial charge in [0.05, 0.1) is 6.10 Å². The number of nitrogens with zero attached hydrogens (tertiary/aromatic N) is 1. The van der Waals surface area contributed by atoms with Crippen LogP contribution < -0.4 is 11.1 Å². The molecule has 1 fully saturated rings. The van der Waals surface area contributed by atoms with Crippen molar-refractivity contribution in [2.75, 3.05) is 13.2 Å². The predicted molar refractivity (Wildman–Crippen MR) is 68.2 cm³/mol. The van der Waals surface area contributed by atoms with Crippen molar-refractivity contribution in [3.63, 3.8) is 0 Å². The lowest BCUT2D eigenvalue weighted by Crippen LogP contribution is -2.49. The number of ether oxygens (including phenoxy) is 1. The Morgan fingerprint density at radius 2 is 2.29 bits per heavy atom. The third kappa shape index (κ3) is 3.33. The number of hydrogen-bond acceptors (Lipinski definition) is 4. The van der Waals surface area contributed by atoms with E-state index in [1.807, 2.05) is 13.8 Å². The van der Waals surface area contributed by atoms with Gasteiger partial charge in [-0.1, -0.05) is 19.0 Å². The molecule has 2 atom stereocenters. The molecule has 1 aliphatic heterocycles. The Labute approximate surface area is 103 Å². The van der Waals surface area contributed by atoms with E-state index in [1.165, 1.54) is 0 Å². The maximum atomic E-state index is 8.70. The first kappa shape index (κ1) is 14.3. The van der Waals surface area contributed by atoms with Crippen LogP contribution in [-0.2, 0) is 4.74 Å². The van der Waals surface area contributed by atoms with E-state index in [4.69, 9.17) is 15.7 Å². The molecule has 0 saturated carbocycles. The van der Waals surface area contributed by atoms with Crippen molar-refractivity contribution in [3.8, 4) is 0 Å². The number of nitrogens with one attached hydrogen (secondary N) is 1. The van der Waals surface area contributed by atoms with E-state index in [0.717, 1.165) is 26.0 Å². The molecule has 0 spiro atoms. The first-order chi connectivity index (χ1) is 7.82. The van der Waals surface area contributed by atoms with Gasteiger partial charge >= 0.3 is 0 Å². The second-order valence-electron chi connectivity index (χ2n) is 5.73. The predicted octanol–water partition coefficient (Wildman–Crippen LogP) is 1.31. The summed E-state index contributed by atoms with van der Waals surface area (Å²) in [5.74, 6) is 0.278. The van der Waals surface area contributed by atoms with Crippen molar-refractivity contribution >= 4 is 5.84 Å². The highest BCUT2D eigenvalue weighted by molar-refractivity contribution is 5.85. The molecule has 2 unspecified atom stereocenters. The van der Waals surface area contributed by atoms with Gasteiger partial charge in [0, 0.05) is 17.6 Å². The Balaban J connectivity index is 2.42. The van der Waals surface area contributed by atoms with Gasteiger partial charge in [0.2, 0.25) is 0 Å². The van der Waals surface area contributed by atoms with Crippen molar-refractivity contribution < 1.29 is 9.94 Å². The molecule has 1 aliphatic rings. The Kier molecular flexibility index (Phi) is 4.38. The largest absolute Gasteiger partial charge is 0.409 e. The molecule has 17 heavy (non-hydrogen) atoms. The Hall–Kier alpha value is -0.810. The van der Waals surface area contributed by atoms with Gasteiger partial charge in [0.15, 0.2) is 0 Å². The SMILES string of the molecule is CC1OCCC1(C)NCCC(C)(C)C(N)=NO. The minimum atomic E-state index is -0.291. The third-order valence-electron chi connectivity index (χ3n) is 3.97. The maximum Gasteiger partial charge on any atom is 0.144 e. The molecule has 5 nitrogen and oxygen atoms in total. The minimum absolute atomic E-state index is 0.0429. The summed E-state index contributed by atoms with van der Waals surface area (Å²) in [6.07, 6.45) is 2.08. The molecule has 0 aromatic heterocycles. The van der Waals surface area contributed by atoms with Crippen LogP contribution >= 0.6 is 0 Å². The summed E-state index contributed by atoms with van der Waals surface area (Å²) in [7, 11) is 0. The van der Waals surface area contributed by atoms with Crippen LogP contribution in [0.25, 0.3) is 0 Å². The fraction of sp³-hybridized carbons (Fsp3) is 0.917. The van der Waals surface area contributed by atoms with Gasteiger partial charge in [0.25, 0.3) is 0 Å². The molecular weight excluding hydrogens is 218 g/mol. The highest BCUT2D eigenvalue weighted by atomic mass is 16.5. The van der Waals surface area contributed by atoms with Gasteiger partial charge in [-0.15, -0.1) is 0 Å². The van der Waals surface area contributed by atoms with Crippen molar-refractivity contribution in [2.24, 2.45) is 16.3 Å². The first-order valence-corrected chi connectivity index (χ1v) is 6.16. The quantitative estimate of drug-likeness (QED) is 0.294. The van der Waals surface area contributed by atoms with Crippen LogP contribution in [0.2, 0.25) is 0 Å². The molecular formula is C12H25N3O2. The van der Waals surface area contributed by atoms with Crippen LogP contribution in [0.3, 0.4) is 0 Å². The molecule has 1 heterocycles. The van der Waals surface area contributed by atoms with E-state index >= 15 is 0 Å². The summed E-state index contributed by atoms with van der Waals surface area (Å²) < 4.78 is 5.57. The summed E-state index contributed by atoms with van der Waals surface area (Å²) in [6.45, 7) is 9.86. The maximum absolute atomic E-state index is 8.70. The highest BCUT2D eigenvalue weighted by Gasteiger charge is 2.36. The monoisotopic (exact) mass is 243 g/mol. The molecule has 1 saturated heterocycles. The number of rotatable bonds is 5. The number of nitrogens with two attached hydrogens (primary N) is 1. The molecule has 0 amide bonds. The zero-order valence-corrected chi connectivity index (χ0v) is 11.3. The van der Waals surface area contributed by atoms with E-state index in [2.05, 4.69) is 24.3 Å². The average molecular weight is 243 g/mol. The van der Waals surface area contributed by atoms with Gasteiger partial charge in [-0.25, -0.2) is 0 Å². The Morgan fingerprint density at radius 1 is 1.65 bits per heavy atom. The van der Waals surface area contributed by atoms with Crippen molar-refractivity contribution in [1.82, 2.24) is 5.32 Å². The zero-order chi connectivity index (χ0) is 13.1. The van der Waals surface area contributed by atoms with Crippen molar-refractivity contribution in [2.45, 2.75) is 52.2 Å². The molecule has 100 valence electrons. The topological polar surface area (TPSA) is 79.9 Å². The molecule has 0 aromatic rings.